The zero-order valence-electron chi connectivity index (χ0n) is 13.2. The van der Waals surface area contributed by atoms with Gasteiger partial charge < -0.3 is 5.11 Å². The highest BCUT2D eigenvalue weighted by atomic mass is 16.3. The second kappa shape index (κ2) is 5.07. The molecule has 0 aromatic heterocycles. The van der Waals surface area contributed by atoms with Gasteiger partial charge in [-0.15, -0.1) is 0 Å². The fraction of sp³-hybridized carbons (Fsp3) is 0.182. The summed E-state index contributed by atoms with van der Waals surface area (Å²) in [6.45, 7) is 2.18. The van der Waals surface area contributed by atoms with E-state index in [1.54, 1.807) is 0 Å². The van der Waals surface area contributed by atoms with Crippen LogP contribution in [0.15, 0.2) is 84.9 Å². The van der Waals surface area contributed by atoms with E-state index in [-0.39, 0.29) is 5.41 Å². The topological polar surface area (TPSA) is 20.2 Å². The molecule has 4 rings (SSSR count). The Bertz CT molecular complexity index is 825. The molecule has 1 N–H and O–H groups in total. The SMILES string of the molecule is C[C@@]1(c2ccccc2)Cc2ccccc2[C@]1(O)c1ccccc1. The van der Waals surface area contributed by atoms with E-state index < -0.39 is 5.60 Å². The van der Waals surface area contributed by atoms with Gasteiger partial charge in [-0.05, 0) is 28.7 Å². The van der Waals surface area contributed by atoms with Crippen molar-refractivity contribution in [3.8, 4) is 0 Å². The first-order chi connectivity index (χ1) is 11.2. The number of hydrogen-bond donors (Lipinski definition) is 1. The molecule has 0 heterocycles. The summed E-state index contributed by atoms with van der Waals surface area (Å²) in [5.74, 6) is 0. The molecule has 0 saturated carbocycles. The minimum Gasteiger partial charge on any atom is -0.379 e. The van der Waals surface area contributed by atoms with Crippen LogP contribution in [0.25, 0.3) is 0 Å². The standard InChI is InChI=1S/C22H20O/c1-21(18-11-4-2-5-12-18)16-17-10-8-9-15-20(17)22(21,23)19-13-6-3-7-14-19/h2-15,23H,16H2,1H3/t21-,22+/m0/s1. The minimum absolute atomic E-state index is 0.390. The van der Waals surface area contributed by atoms with Crippen LogP contribution in [0.4, 0.5) is 0 Å². The van der Waals surface area contributed by atoms with Crippen LogP contribution in [-0.4, -0.2) is 5.11 Å². The van der Waals surface area contributed by atoms with Gasteiger partial charge in [0, 0.05) is 5.41 Å². The number of fused-ring (bicyclic) bond motifs is 1. The highest BCUT2D eigenvalue weighted by Gasteiger charge is 2.55. The summed E-state index contributed by atoms with van der Waals surface area (Å²) in [6, 6.07) is 28.7. The average molecular weight is 300 g/mol. The summed E-state index contributed by atoms with van der Waals surface area (Å²) in [7, 11) is 0. The Kier molecular flexibility index (Phi) is 3.14. The Morgan fingerprint density at radius 3 is 1.87 bits per heavy atom. The van der Waals surface area contributed by atoms with Gasteiger partial charge in [0.15, 0.2) is 0 Å². The predicted octanol–water partition coefficient (Wildman–Crippen LogP) is 4.44. The molecule has 0 spiro atoms. The van der Waals surface area contributed by atoms with E-state index in [9.17, 15) is 5.11 Å². The van der Waals surface area contributed by atoms with E-state index in [2.05, 4.69) is 49.4 Å². The van der Waals surface area contributed by atoms with E-state index in [0.29, 0.717) is 0 Å². The molecule has 0 bridgehead atoms. The van der Waals surface area contributed by atoms with Gasteiger partial charge in [-0.2, -0.15) is 0 Å². The molecule has 23 heavy (non-hydrogen) atoms. The lowest BCUT2D eigenvalue weighted by molar-refractivity contribution is 0.0140. The van der Waals surface area contributed by atoms with Crippen molar-refractivity contribution in [2.75, 3.05) is 0 Å². The first-order valence-electron chi connectivity index (χ1n) is 8.08. The molecule has 0 fully saturated rings. The molecule has 2 atom stereocenters. The summed E-state index contributed by atoms with van der Waals surface area (Å²) >= 11 is 0. The fourth-order valence-electron chi connectivity index (χ4n) is 4.10. The van der Waals surface area contributed by atoms with E-state index >= 15 is 0 Å². The molecular weight excluding hydrogens is 280 g/mol. The first kappa shape index (κ1) is 14.2. The molecule has 0 amide bonds. The highest BCUT2D eigenvalue weighted by molar-refractivity contribution is 5.54. The van der Waals surface area contributed by atoms with Crippen molar-refractivity contribution >= 4 is 0 Å². The van der Waals surface area contributed by atoms with Crippen molar-refractivity contribution in [1.29, 1.82) is 0 Å². The van der Waals surface area contributed by atoms with E-state index in [1.807, 2.05) is 42.5 Å². The van der Waals surface area contributed by atoms with Crippen LogP contribution in [0.3, 0.4) is 0 Å². The molecule has 3 aromatic rings. The molecular formula is C22H20O. The number of aliphatic hydroxyl groups is 1. The van der Waals surface area contributed by atoms with Crippen molar-refractivity contribution in [3.63, 3.8) is 0 Å². The third kappa shape index (κ3) is 1.90. The van der Waals surface area contributed by atoms with E-state index in [0.717, 1.165) is 17.5 Å². The number of hydrogen-bond acceptors (Lipinski definition) is 1. The van der Waals surface area contributed by atoms with Gasteiger partial charge in [-0.3, -0.25) is 0 Å². The summed E-state index contributed by atoms with van der Waals surface area (Å²) < 4.78 is 0. The molecule has 0 unspecified atom stereocenters. The lowest BCUT2D eigenvalue weighted by Gasteiger charge is -2.41. The van der Waals surface area contributed by atoms with Gasteiger partial charge in [-0.1, -0.05) is 91.9 Å². The third-order valence-corrected chi connectivity index (χ3v) is 5.35. The second-order valence-electron chi connectivity index (χ2n) is 6.61. The quantitative estimate of drug-likeness (QED) is 0.742. The molecule has 114 valence electrons. The smallest absolute Gasteiger partial charge is 0.125 e. The molecule has 1 heteroatoms. The van der Waals surface area contributed by atoms with E-state index in [1.165, 1.54) is 11.1 Å². The zero-order valence-corrected chi connectivity index (χ0v) is 13.2. The third-order valence-electron chi connectivity index (χ3n) is 5.35. The molecule has 0 radical (unpaired) electrons. The van der Waals surface area contributed by atoms with Crippen LogP contribution < -0.4 is 0 Å². The normalized spacial score (nSPS) is 26.0. The molecule has 0 aliphatic heterocycles. The van der Waals surface area contributed by atoms with Crippen LogP contribution in [0.2, 0.25) is 0 Å². The van der Waals surface area contributed by atoms with E-state index in [4.69, 9.17) is 0 Å². The lowest BCUT2D eigenvalue weighted by atomic mass is 9.66. The Balaban J connectivity index is 2.01. The Hall–Kier alpha value is -2.38. The molecule has 1 nitrogen and oxygen atoms in total. The lowest BCUT2D eigenvalue weighted by Crippen LogP contribution is -2.45. The largest absolute Gasteiger partial charge is 0.379 e. The van der Waals surface area contributed by atoms with Crippen LogP contribution in [0.1, 0.15) is 29.2 Å². The maximum Gasteiger partial charge on any atom is 0.125 e. The van der Waals surface area contributed by atoms with Crippen LogP contribution in [-0.2, 0) is 17.4 Å². The Labute approximate surface area is 137 Å². The van der Waals surface area contributed by atoms with Gasteiger partial charge in [0.05, 0.1) is 0 Å². The van der Waals surface area contributed by atoms with Gasteiger partial charge in [-0.25, -0.2) is 0 Å². The highest BCUT2D eigenvalue weighted by Crippen LogP contribution is 2.54. The van der Waals surface area contributed by atoms with Crippen LogP contribution in [0, 0.1) is 0 Å². The Morgan fingerprint density at radius 1 is 0.696 bits per heavy atom. The van der Waals surface area contributed by atoms with Gasteiger partial charge in [0.1, 0.15) is 5.60 Å². The summed E-state index contributed by atoms with van der Waals surface area (Å²) in [5.41, 5.74) is 2.97. The average Bonchev–Trinajstić information content (AvgIpc) is 2.86. The maximum atomic E-state index is 12.0. The summed E-state index contributed by atoms with van der Waals surface area (Å²) in [5, 5.41) is 12.0. The van der Waals surface area contributed by atoms with Gasteiger partial charge >= 0.3 is 0 Å². The zero-order chi connectivity index (χ0) is 15.9. The fourth-order valence-corrected chi connectivity index (χ4v) is 4.10. The minimum atomic E-state index is -1.02. The van der Waals surface area contributed by atoms with Gasteiger partial charge in [0.25, 0.3) is 0 Å². The maximum absolute atomic E-state index is 12.0. The monoisotopic (exact) mass is 300 g/mol. The van der Waals surface area contributed by atoms with Crippen molar-refractivity contribution in [1.82, 2.24) is 0 Å². The van der Waals surface area contributed by atoms with Crippen LogP contribution >= 0.6 is 0 Å². The van der Waals surface area contributed by atoms with Crippen molar-refractivity contribution in [3.05, 3.63) is 107 Å². The Morgan fingerprint density at radius 2 is 1.22 bits per heavy atom. The molecule has 0 saturated heterocycles. The molecule has 1 aliphatic rings. The number of rotatable bonds is 2. The van der Waals surface area contributed by atoms with Gasteiger partial charge in [0.2, 0.25) is 0 Å². The molecule has 1 aliphatic carbocycles. The summed E-state index contributed by atoms with van der Waals surface area (Å²) in [6.07, 6.45) is 0.832. The van der Waals surface area contributed by atoms with Crippen molar-refractivity contribution < 1.29 is 5.11 Å². The van der Waals surface area contributed by atoms with Crippen molar-refractivity contribution in [2.24, 2.45) is 0 Å². The van der Waals surface area contributed by atoms with Crippen LogP contribution in [0.5, 0.6) is 0 Å². The summed E-state index contributed by atoms with van der Waals surface area (Å²) in [4.78, 5) is 0. The van der Waals surface area contributed by atoms with Crippen molar-refractivity contribution in [2.45, 2.75) is 24.4 Å². The predicted molar refractivity (Wildman–Crippen MR) is 93.4 cm³/mol. The first-order valence-corrected chi connectivity index (χ1v) is 8.08. The second-order valence-corrected chi connectivity index (χ2v) is 6.61. The molecule has 3 aromatic carbocycles. The number of benzene rings is 3.